The molecular formula is C18H20ClFN2OS. The van der Waals surface area contributed by atoms with Gasteiger partial charge in [-0.1, -0.05) is 23.9 Å². The number of nitrogens with one attached hydrogen (secondary N) is 2. The predicted molar refractivity (Wildman–Crippen MR) is 97.1 cm³/mol. The lowest BCUT2D eigenvalue weighted by atomic mass is 10.2. The first kappa shape index (κ1) is 18.8. The van der Waals surface area contributed by atoms with E-state index in [1.807, 2.05) is 24.3 Å². The van der Waals surface area contributed by atoms with Crippen LogP contribution >= 0.6 is 24.2 Å². The van der Waals surface area contributed by atoms with Crippen molar-refractivity contribution in [3.05, 3.63) is 59.9 Å². The van der Waals surface area contributed by atoms with Gasteiger partial charge in [0.25, 0.3) is 0 Å². The molecule has 1 fully saturated rings. The van der Waals surface area contributed by atoms with Gasteiger partial charge in [0.05, 0.1) is 6.04 Å². The van der Waals surface area contributed by atoms with Crippen LogP contribution in [0.2, 0.25) is 0 Å². The summed E-state index contributed by atoms with van der Waals surface area (Å²) < 4.78 is 12.9. The number of hydrogen-bond donors (Lipinski definition) is 2. The first-order valence-corrected chi connectivity index (χ1v) is 8.56. The molecule has 2 N–H and O–H groups in total. The van der Waals surface area contributed by atoms with E-state index in [9.17, 15) is 9.18 Å². The van der Waals surface area contributed by atoms with Gasteiger partial charge in [-0.15, -0.1) is 12.4 Å². The maximum Gasteiger partial charge on any atom is 0.237 e. The Morgan fingerprint density at radius 3 is 2.33 bits per heavy atom. The number of rotatable bonds is 5. The zero-order valence-electron chi connectivity index (χ0n) is 13.1. The molecule has 1 aliphatic heterocycles. The summed E-state index contributed by atoms with van der Waals surface area (Å²) >= 11 is 1.59. The standard InChI is InChI=1S/C18H19FN2OS.ClH/c19-14-5-9-16(10-6-14)23-15-7-3-13(4-8-15)12-21-18(22)17-2-1-11-20-17;/h3-10,17,20H,1-2,11-12H2,(H,21,22);1H. The van der Waals surface area contributed by atoms with Gasteiger partial charge in [0.1, 0.15) is 5.82 Å². The quantitative estimate of drug-likeness (QED) is 0.846. The molecule has 1 atom stereocenters. The highest BCUT2D eigenvalue weighted by atomic mass is 35.5. The Morgan fingerprint density at radius 2 is 1.75 bits per heavy atom. The minimum atomic E-state index is -0.225. The molecule has 3 nitrogen and oxygen atoms in total. The SMILES string of the molecule is Cl.O=C(NCc1ccc(Sc2ccc(F)cc2)cc1)C1CCCN1. The third-order valence-electron chi connectivity index (χ3n) is 3.82. The summed E-state index contributed by atoms with van der Waals surface area (Å²) in [6, 6.07) is 14.5. The van der Waals surface area contributed by atoms with E-state index in [0.29, 0.717) is 6.54 Å². The largest absolute Gasteiger partial charge is 0.351 e. The molecule has 0 aromatic heterocycles. The van der Waals surface area contributed by atoms with Gasteiger partial charge in [0.2, 0.25) is 5.91 Å². The highest BCUT2D eigenvalue weighted by Gasteiger charge is 2.21. The van der Waals surface area contributed by atoms with Gasteiger partial charge in [-0.3, -0.25) is 4.79 Å². The number of carbonyl (C=O) groups is 1. The third kappa shape index (κ3) is 5.23. The summed E-state index contributed by atoms with van der Waals surface area (Å²) in [6.07, 6.45) is 1.98. The molecule has 2 aromatic rings. The monoisotopic (exact) mass is 366 g/mol. The van der Waals surface area contributed by atoms with E-state index in [-0.39, 0.29) is 30.2 Å². The smallest absolute Gasteiger partial charge is 0.237 e. The van der Waals surface area contributed by atoms with Crippen molar-refractivity contribution in [1.82, 2.24) is 10.6 Å². The van der Waals surface area contributed by atoms with E-state index >= 15 is 0 Å². The topological polar surface area (TPSA) is 41.1 Å². The second-order valence-corrected chi connectivity index (χ2v) is 6.71. The summed E-state index contributed by atoms with van der Waals surface area (Å²) in [6.45, 7) is 1.46. The molecule has 0 saturated carbocycles. The Hall–Kier alpha value is -1.56. The number of halogens is 2. The lowest BCUT2D eigenvalue weighted by Gasteiger charge is -2.11. The molecule has 1 aliphatic rings. The Morgan fingerprint density at radius 1 is 1.12 bits per heavy atom. The van der Waals surface area contributed by atoms with Gasteiger partial charge >= 0.3 is 0 Å². The van der Waals surface area contributed by atoms with E-state index in [4.69, 9.17) is 0 Å². The Balaban J connectivity index is 0.00000208. The lowest BCUT2D eigenvalue weighted by Crippen LogP contribution is -2.39. The second kappa shape index (κ2) is 9.06. The molecule has 0 radical (unpaired) electrons. The number of benzene rings is 2. The molecule has 0 bridgehead atoms. The van der Waals surface area contributed by atoms with Crippen LogP contribution < -0.4 is 10.6 Å². The zero-order chi connectivity index (χ0) is 16.1. The normalized spacial score (nSPS) is 16.5. The highest BCUT2D eigenvalue weighted by Crippen LogP contribution is 2.27. The summed E-state index contributed by atoms with van der Waals surface area (Å²) in [5, 5.41) is 6.16. The third-order valence-corrected chi connectivity index (χ3v) is 4.83. The highest BCUT2D eigenvalue weighted by molar-refractivity contribution is 7.99. The maximum absolute atomic E-state index is 12.9. The van der Waals surface area contributed by atoms with Crippen LogP contribution in [-0.4, -0.2) is 18.5 Å². The van der Waals surface area contributed by atoms with Gasteiger partial charge in [0.15, 0.2) is 0 Å². The van der Waals surface area contributed by atoms with Crippen molar-refractivity contribution in [3.8, 4) is 0 Å². The van der Waals surface area contributed by atoms with Gasteiger partial charge in [-0.25, -0.2) is 4.39 Å². The van der Waals surface area contributed by atoms with Crippen molar-refractivity contribution in [2.75, 3.05) is 6.54 Å². The molecular weight excluding hydrogens is 347 g/mol. The summed E-state index contributed by atoms with van der Waals surface area (Å²) in [5.74, 6) is -0.149. The summed E-state index contributed by atoms with van der Waals surface area (Å²) in [5.41, 5.74) is 1.07. The maximum atomic E-state index is 12.9. The molecule has 3 rings (SSSR count). The van der Waals surface area contributed by atoms with Crippen LogP contribution in [0.1, 0.15) is 18.4 Å². The molecule has 2 aromatic carbocycles. The number of hydrogen-bond acceptors (Lipinski definition) is 3. The second-order valence-electron chi connectivity index (χ2n) is 5.57. The Kier molecular flexibility index (Phi) is 7.09. The predicted octanol–water partition coefficient (Wildman–Crippen LogP) is 3.77. The van der Waals surface area contributed by atoms with Crippen LogP contribution in [0.5, 0.6) is 0 Å². The van der Waals surface area contributed by atoms with Gasteiger partial charge in [-0.2, -0.15) is 0 Å². The van der Waals surface area contributed by atoms with Crippen LogP contribution in [0.3, 0.4) is 0 Å². The van der Waals surface area contributed by atoms with Crippen LogP contribution in [0.15, 0.2) is 58.3 Å². The number of amides is 1. The zero-order valence-corrected chi connectivity index (χ0v) is 14.8. The van der Waals surface area contributed by atoms with E-state index in [1.54, 1.807) is 23.9 Å². The Bertz CT molecular complexity index is 658. The minimum Gasteiger partial charge on any atom is -0.351 e. The first-order valence-electron chi connectivity index (χ1n) is 7.74. The van der Waals surface area contributed by atoms with Crippen molar-refractivity contribution in [2.45, 2.75) is 35.2 Å². The molecule has 1 heterocycles. The van der Waals surface area contributed by atoms with Crippen molar-refractivity contribution >= 4 is 30.1 Å². The summed E-state index contributed by atoms with van der Waals surface area (Å²) in [4.78, 5) is 14.0. The molecule has 6 heteroatoms. The van der Waals surface area contributed by atoms with Crippen molar-refractivity contribution in [2.24, 2.45) is 0 Å². The van der Waals surface area contributed by atoms with E-state index in [2.05, 4.69) is 10.6 Å². The van der Waals surface area contributed by atoms with Crippen LogP contribution in [0.4, 0.5) is 4.39 Å². The van der Waals surface area contributed by atoms with Crippen molar-refractivity contribution in [3.63, 3.8) is 0 Å². The van der Waals surface area contributed by atoms with Crippen molar-refractivity contribution in [1.29, 1.82) is 0 Å². The molecule has 1 saturated heterocycles. The average Bonchev–Trinajstić information content (AvgIpc) is 3.11. The number of carbonyl (C=O) groups excluding carboxylic acids is 1. The molecule has 0 spiro atoms. The fraction of sp³-hybridized carbons (Fsp3) is 0.278. The van der Waals surface area contributed by atoms with Crippen LogP contribution in [0, 0.1) is 5.82 Å². The van der Waals surface area contributed by atoms with E-state index in [0.717, 1.165) is 34.7 Å². The fourth-order valence-corrected chi connectivity index (χ4v) is 3.35. The van der Waals surface area contributed by atoms with E-state index < -0.39 is 0 Å². The summed E-state index contributed by atoms with van der Waals surface area (Å²) in [7, 11) is 0. The van der Waals surface area contributed by atoms with Gasteiger partial charge in [0, 0.05) is 16.3 Å². The minimum absolute atomic E-state index is 0. The van der Waals surface area contributed by atoms with Gasteiger partial charge in [-0.05, 0) is 61.3 Å². The fourth-order valence-electron chi connectivity index (χ4n) is 2.53. The van der Waals surface area contributed by atoms with E-state index in [1.165, 1.54) is 12.1 Å². The van der Waals surface area contributed by atoms with Crippen LogP contribution in [-0.2, 0) is 11.3 Å². The van der Waals surface area contributed by atoms with Crippen LogP contribution in [0.25, 0.3) is 0 Å². The first-order chi connectivity index (χ1) is 11.2. The molecule has 0 aliphatic carbocycles. The molecule has 128 valence electrons. The Labute approximate surface area is 151 Å². The molecule has 24 heavy (non-hydrogen) atoms. The molecule has 1 amide bonds. The molecule has 1 unspecified atom stereocenters. The van der Waals surface area contributed by atoms with Gasteiger partial charge < -0.3 is 10.6 Å². The average molecular weight is 367 g/mol. The van der Waals surface area contributed by atoms with Crippen molar-refractivity contribution < 1.29 is 9.18 Å². The lowest BCUT2D eigenvalue weighted by molar-refractivity contribution is -0.122.